The Morgan fingerprint density at radius 1 is 1.06 bits per heavy atom. The van der Waals surface area contributed by atoms with Gasteiger partial charge in [-0.1, -0.05) is 71.9 Å². The summed E-state index contributed by atoms with van der Waals surface area (Å²) >= 11 is 7.46. The van der Waals surface area contributed by atoms with Gasteiger partial charge in [0, 0.05) is 16.3 Å². The van der Waals surface area contributed by atoms with Gasteiger partial charge in [0.25, 0.3) is 0 Å². The Hall–Kier alpha value is -3.49. The minimum atomic E-state index is -0.502. The van der Waals surface area contributed by atoms with E-state index in [9.17, 15) is 4.79 Å². The van der Waals surface area contributed by atoms with Crippen LogP contribution in [0.2, 0.25) is 5.02 Å². The number of benzene rings is 3. The summed E-state index contributed by atoms with van der Waals surface area (Å²) in [5.74, 6) is 1.27. The lowest BCUT2D eigenvalue weighted by molar-refractivity contribution is -0.116. The predicted octanol–water partition coefficient (Wildman–Crippen LogP) is 5.00. The first kappa shape index (κ1) is 21.4. The summed E-state index contributed by atoms with van der Waals surface area (Å²) in [7, 11) is 1.63. The van der Waals surface area contributed by atoms with E-state index in [1.165, 1.54) is 11.8 Å². The standard InChI is InChI=1S/C24H20ClN5O2S/c1-32-19-12-10-15(11-13-19)20-21(23(31)26-18-9-5-8-17(25)14-18)33-24-28-27-22(30(24)29-20)16-6-3-2-4-7-16/h2-14,20-21,29H,1H3,(H,26,31)/t20-,21+/m1/s1. The molecule has 3 aromatic carbocycles. The fourth-order valence-electron chi connectivity index (χ4n) is 3.67. The molecule has 0 spiro atoms. The number of hydrogen-bond acceptors (Lipinski definition) is 6. The summed E-state index contributed by atoms with van der Waals surface area (Å²) in [4.78, 5) is 13.4. The van der Waals surface area contributed by atoms with E-state index in [2.05, 4.69) is 20.9 Å². The van der Waals surface area contributed by atoms with Crippen molar-refractivity contribution in [1.29, 1.82) is 0 Å². The zero-order valence-corrected chi connectivity index (χ0v) is 19.2. The molecule has 1 aliphatic heterocycles. The third-order valence-corrected chi connectivity index (χ3v) is 6.74. The molecule has 0 saturated heterocycles. The molecule has 2 N–H and O–H groups in total. The van der Waals surface area contributed by atoms with Crippen LogP contribution in [0.1, 0.15) is 11.6 Å². The van der Waals surface area contributed by atoms with E-state index in [1.807, 2.05) is 65.3 Å². The Kier molecular flexibility index (Phi) is 5.93. The Morgan fingerprint density at radius 2 is 1.85 bits per heavy atom. The van der Waals surface area contributed by atoms with E-state index in [0.29, 0.717) is 21.7 Å². The lowest BCUT2D eigenvalue weighted by Crippen LogP contribution is -2.41. The smallest absolute Gasteiger partial charge is 0.240 e. The highest BCUT2D eigenvalue weighted by Gasteiger charge is 2.38. The summed E-state index contributed by atoms with van der Waals surface area (Å²) in [5.41, 5.74) is 5.97. The van der Waals surface area contributed by atoms with Gasteiger partial charge in [-0.05, 0) is 35.9 Å². The zero-order chi connectivity index (χ0) is 22.8. The van der Waals surface area contributed by atoms with Crippen LogP contribution in [0.5, 0.6) is 5.75 Å². The number of carbonyl (C=O) groups is 1. The molecule has 0 saturated carbocycles. The average Bonchev–Trinajstić information content (AvgIpc) is 3.27. The maximum atomic E-state index is 13.4. The monoisotopic (exact) mass is 477 g/mol. The largest absolute Gasteiger partial charge is 0.497 e. The number of hydrogen-bond donors (Lipinski definition) is 2. The number of rotatable bonds is 5. The van der Waals surface area contributed by atoms with Gasteiger partial charge in [0.1, 0.15) is 11.0 Å². The third-order valence-electron chi connectivity index (χ3n) is 5.29. The Balaban J connectivity index is 1.51. The zero-order valence-electron chi connectivity index (χ0n) is 17.6. The molecule has 0 bridgehead atoms. The highest BCUT2D eigenvalue weighted by atomic mass is 35.5. The minimum absolute atomic E-state index is 0.161. The van der Waals surface area contributed by atoms with Crippen molar-refractivity contribution in [2.45, 2.75) is 16.4 Å². The Bertz CT molecular complexity index is 1280. The second-order valence-electron chi connectivity index (χ2n) is 7.43. The number of carbonyl (C=O) groups excluding carboxylic acids is 1. The molecule has 0 unspecified atom stereocenters. The maximum absolute atomic E-state index is 13.4. The Morgan fingerprint density at radius 3 is 2.58 bits per heavy atom. The molecular formula is C24H20ClN5O2S. The van der Waals surface area contributed by atoms with E-state index in [1.54, 1.807) is 25.3 Å². The molecule has 5 rings (SSSR count). The Labute approximate surface area is 200 Å². The first-order valence-electron chi connectivity index (χ1n) is 10.3. The van der Waals surface area contributed by atoms with Crippen LogP contribution in [0.4, 0.5) is 5.69 Å². The number of aromatic nitrogens is 3. The summed E-state index contributed by atoms with van der Waals surface area (Å²) < 4.78 is 7.14. The summed E-state index contributed by atoms with van der Waals surface area (Å²) in [6, 6.07) is 24.2. The fourth-order valence-corrected chi connectivity index (χ4v) is 4.94. The van der Waals surface area contributed by atoms with Crippen molar-refractivity contribution in [1.82, 2.24) is 14.9 Å². The number of methoxy groups -OCH3 is 1. The molecule has 2 heterocycles. The van der Waals surface area contributed by atoms with Gasteiger partial charge in [-0.15, -0.1) is 10.2 Å². The van der Waals surface area contributed by atoms with E-state index in [4.69, 9.17) is 16.3 Å². The quantitative estimate of drug-likeness (QED) is 0.421. The average molecular weight is 478 g/mol. The highest BCUT2D eigenvalue weighted by molar-refractivity contribution is 8.00. The van der Waals surface area contributed by atoms with Gasteiger partial charge in [-0.2, -0.15) is 0 Å². The first-order chi connectivity index (χ1) is 16.1. The van der Waals surface area contributed by atoms with Gasteiger partial charge < -0.3 is 15.5 Å². The molecule has 1 aromatic heterocycles. The molecule has 166 valence electrons. The van der Waals surface area contributed by atoms with Crippen molar-refractivity contribution in [3.8, 4) is 17.1 Å². The first-order valence-corrected chi connectivity index (χ1v) is 11.5. The van der Waals surface area contributed by atoms with Crippen LogP contribution in [0, 0.1) is 0 Å². The number of nitrogens with zero attached hydrogens (tertiary/aromatic N) is 3. The number of fused-ring (bicyclic) bond motifs is 1. The molecule has 0 fully saturated rings. The van der Waals surface area contributed by atoms with Crippen LogP contribution >= 0.6 is 23.4 Å². The number of anilines is 1. The van der Waals surface area contributed by atoms with E-state index in [-0.39, 0.29) is 11.9 Å². The lowest BCUT2D eigenvalue weighted by Gasteiger charge is -2.33. The van der Waals surface area contributed by atoms with Crippen molar-refractivity contribution >= 4 is 35.0 Å². The number of halogens is 1. The van der Waals surface area contributed by atoms with Gasteiger partial charge in [-0.25, -0.2) is 4.68 Å². The molecule has 33 heavy (non-hydrogen) atoms. The summed E-state index contributed by atoms with van der Waals surface area (Å²) in [5, 5.41) is 12.4. The van der Waals surface area contributed by atoms with Crippen molar-refractivity contribution in [2.75, 3.05) is 17.9 Å². The second kappa shape index (κ2) is 9.17. The number of nitrogens with one attached hydrogen (secondary N) is 2. The van der Waals surface area contributed by atoms with Gasteiger partial charge in [0.2, 0.25) is 11.1 Å². The highest BCUT2D eigenvalue weighted by Crippen LogP contribution is 2.39. The molecule has 0 aliphatic carbocycles. The van der Waals surface area contributed by atoms with Crippen LogP contribution in [0.15, 0.2) is 84.0 Å². The normalized spacial score (nSPS) is 17.0. The van der Waals surface area contributed by atoms with Gasteiger partial charge in [0.05, 0.1) is 13.2 Å². The van der Waals surface area contributed by atoms with Crippen molar-refractivity contribution in [2.24, 2.45) is 0 Å². The topological polar surface area (TPSA) is 81.1 Å². The number of ether oxygens (including phenoxy) is 1. The molecule has 2 atom stereocenters. The number of thioether (sulfide) groups is 1. The van der Waals surface area contributed by atoms with Crippen molar-refractivity contribution < 1.29 is 9.53 Å². The second-order valence-corrected chi connectivity index (χ2v) is 8.97. The molecule has 0 radical (unpaired) electrons. The van der Waals surface area contributed by atoms with E-state index in [0.717, 1.165) is 16.9 Å². The lowest BCUT2D eigenvalue weighted by atomic mass is 10.0. The van der Waals surface area contributed by atoms with E-state index < -0.39 is 5.25 Å². The van der Waals surface area contributed by atoms with Gasteiger partial charge in [0.15, 0.2) is 5.82 Å². The van der Waals surface area contributed by atoms with Gasteiger partial charge in [-0.3, -0.25) is 4.79 Å². The fraction of sp³-hybridized carbons (Fsp3) is 0.125. The van der Waals surface area contributed by atoms with Crippen LogP contribution in [-0.2, 0) is 4.79 Å². The van der Waals surface area contributed by atoms with Crippen molar-refractivity contribution in [3.05, 3.63) is 89.4 Å². The van der Waals surface area contributed by atoms with Crippen LogP contribution in [-0.4, -0.2) is 33.1 Å². The van der Waals surface area contributed by atoms with Crippen LogP contribution in [0.25, 0.3) is 11.4 Å². The molecule has 9 heteroatoms. The predicted molar refractivity (Wildman–Crippen MR) is 130 cm³/mol. The van der Waals surface area contributed by atoms with E-state index >= 15 is 0 Å². The van der Waals surface area contributed by atoms with Crippen LogP contribution < -0.4 is 15.5 Å². The van der Waals surface area contributed by atoms with Crippen LogP contribution in [0.3, 0.4) is 0 Å². The molecule has 7 nitrogen and oxygen atoms in total. The SMILES string of the molecule is COc1ccc([C@H]2Nn3c(nnc3-c3ccccc3)S[C@@H]2C(=O)Nc2cccc(Cl)c2)cc1. The molecule has 4 aromatic rings. The van der Waals surface area contributed by atoms with Crippen molar-refractivity contribution in [3.63, 3.8) is 0 Å². The number of amides is 1. The molecule has 1 aliphatic rings. The van der Waals surface area contributed by atoms with Gasteiger partial charge >= 0.3 is 0 Å². The molecular weight excluding hydrogens is 458 g/mol. The minimum Gasteiger partial charge on any atom is -0.497 e. The maximum Gasteiger partial charge on any atom is 0.240 e. The summed E-state index contributed by atoms with van der Waals surface area (Å²) in [6.07, 6.45) is 0. The third kappa shape index (κ3) is 4.40. The molecule has 1 amide bonds. The summed E-state index contributed by atoms with van der Waals surface area (Å²) in [6.45, 7) is 0.